The van der Waals surface area contributed by atoms with Gasteiger partial charge in [0.25, 0.3) is 0 Å². The second kappa shape index (κ2) is 3.41. The van der Waals surface area contributed by atoms with Crippen LogP contribution in [0.2, 0.25) is 0 Å². The van der Waals surface area contributed by atoms with Crippen molar-refractivity contribution in [1.29, 1.82) is 0 Å². The molecule has 1 aromatic heterocycles. The molecule has 3 heteroatoms. The van der Waals surface area contributed by atoms with Gasteiger partial charge in [-0.15, -0.1) is 11.3 Å². The lowest BCUT2D eigenvalue weighted by Crippen LogP contribution is -2.12. The van der Waals surface area contributed by atoms with Gasteiger partial charge in [0.2, 0.25) is 0 Å². The van der Waals surface area contributed by atoms with Crippen LogP contribution < -0.4 is 0 Å². The number of aromatic nitrogens is 1. The van der Waals surface area contributed by atoms with Gasteiger partial charge in [-0.2, -0.15) is 0 Å². The number of carbonyl (C=O) groups excluding carboxylic acids is 1. The fourth-order valence-electron chi connectivity index (χ4n) is 4.54. The molecule has 0 aliphatic heterocycles. The molecular formula is C14H17NOS. The van der Waals surface area contributed by atoms with Crippen LogP contribution in [0.25, 0.3) is 0 Å². The standard InChI is InChI=1S/C14H17NOS/c1-7-15-10(6-17-7)5-11(16)14-12-8-2-3-9(4-8)13(12)14/h6,8-9,12-14H,2-5H2,1H3. The molecule has 2 nitrogen and oxygen atoms in total. The molecule has 3 saturated carbocycles. The lowest BCUT2D eigenvalue weighted by atomic mass is 9.98. The third kappa shape index (κ3) is 1.44. The van der Waals surface area contributed by atoms with E-state index in [4.69, 9.17) is 0 Å². The van der Waals surface area contributed by atoms with E-state index in [1.54, 1.807) is 11.3 Å². The SMILES string of the molecule is Cc1nc(CC(=O)C2C3C4CCC(C4)C23)cs1. The van der Waals surface area contributed by atoms with Gasteiger partial charge in [0.1, 0.15) is 5.78 Å². The average Bonchev–Trinajstić information content (AvgIpc) is 2.65. The quantitative estimate of drug-likeness (QED) is 0.822. The van der Waals surface area contributed by atoms with Crippen molar-refractivity contribution in [2.75, 3.05) is 0 Å². The van der Waals surface area contributed by atoms with Gasteiger partial charge in [-0.1, -0.05) is 0 Å². The molecule has 2 bridgehead atoms. The highest BCUT2D eigenvalue weighted by atomic mass is 32.1. The Balaban J connectivity index is 1.46. The molecular weight excluding hydrogens is 230 g/mol. The summed E-state index contributed by atoms with van der Waals surface area (Å²) >= 11 is 1.65. The van der Waals surface area contributed by atoms with Crippen LogP contribution in [-0.4, -0.2) is 10.8 Å². The third-order valence-electron chi connectivity index (χ3n) is 5.13. The van der Waals surface area contributed by atoms with Gasteiger partial charge in [0.05, 0.1) is 10.7 Å². The molecule has 0 spiro atoms. The Morgan fingerprint density at radius 2 is 2.12 bits per heavy atom. The first kappa shape index (κ1) is 10.2. The molecule has 0 N–H and O–H groups in total. The zero-order valence-electron chi connectivity index (χ0n) is 10.1. The van der Waals surface area contributed by atoms with Crippen molar-refractivity contribution >= 4 is 17.1 Å². The molecule has 0 aromatic carbocycles. The first-order chi connectivity index (χ1) is 8.24. The fourth-order valence-corrected chi connectivity index (χ4v) is 5.15. The number of hydrogen-bond acceptors (Lipinski definition) is 3. The van der Waals surface area contributed by atoms with E-state index in [1.807, 2.05) is 12.3 Å². The van der Waals surface area contributed by atoms with Gasteiger partial charge in [-0.05, 0) is 49.9 Å². The Bertz CT molecular complexity index is 464. The Morgan fingerprint density at radius 1 is 1.41 bits per heavy atom. The first-order valence-corrected chi connectivity index (χ1v) is 7.55. The fraction of sp³-hybridized carbons (Fsp3) is 0.714. The molecule has 4 atom stereocenters. The number of Topliss-reactive ketones (excluding diaryl/α,β-unsaturated/α-hetero) is 1. The van der Waals surface area contributed by atoms with Gasteiger partial charge in [-0.25, -0.2) is 4.98 Å². The topological polar surface area (TPSA) is 30.0 Å². The van der Waals surface area contributed by atoms with Crippen LogP contribution in [0.15, 0.2) is 5.38 Å². The van der Waals surface area contributed by atoms with E-state index < -0.39 is 0 Å². The summed E-state index contributed by atoms with van der Waals surface area (Å²) in [4.78, 5) is 16.7. The van der Waals surface area contributed by atoms with Crippen molar-refractivity contribution in [2.45, 2.75) is 32.6 Å². The number of ketones is 1. The largest absolute Gasteiger partial charge is 0.299 e. The van der Waals surface area contributed by atoms with Gasteiger partial charge >= 0.3 is 0 Å². The second-order valence-electron chi connectivity index (χ2n) is 6.01. The summed E-state index contributed by atoms with van der Waals surface area (Å²) in [6.45, 7) is 2.00. The number of nitrogens with zero attached hydrogens (tertiary/aromatic N) is 1. The lowest BCUT2D eigenvalue weighted by Gasteiger charge is -2.06. The van der Waals surface area contributed by atoms with E-state index in [0.29, 0.717) is 18.1 Å². The van der Waals surface area contributed by atoms with Crippen LogP contribution in [0.4, 0.5) is 0 Å². The normalized spacial score (nSPS) is 41.6. The van der Waals surface area contributed by atoms with Crippen molar-refractivity contribution in [3.05, 3.63) is 16.1 Å². The molecule has 1 heterocycles. The van der Waals surface area contributed by atoms with E-state index >= 15 is 0 Å². The molecule has 3 fully saturated rings. The molecule has 4 rings (SSSR count). The van der Waals surface area contributed by atoms with Crippen LogP contribution in [0.3, 0.4) is 0 Å². The maximum absolute atomic E-state index is 12.3. The van der Waals surface area contributed by atoms with Crippen molar-refractivity contribution in [3.63, 3.8) is 0 Å². The van der Waals surface area contributed by atoms with Gasteiger partial charge in [0, 0.05) is 17.7 Å². The number of fused-ring (bicyclic) bond motifs is 5. The summed E-state index contributed by atoms with van der Waals surface area (Å²) in [5, 5.41) is 3.11. The summed E-state index contributed by atoms with van der Waals surface area (Å²) in [7, 11) is 0. The summed E-state index contributed by atoms with van der Waals surface area (Å²) in [6.07, 6.45) is 4.80. The maximum atomic E-state index is 12.3. The van der Waals surface area contributed by atoms with Crippen molar-refractivity contribution in [3.8, 4) is 0 Å². The van der Waals surface area contributed by atoms with Gasteiger partial charge in [-0.3, -0.25) is 4.79 Å². The van der Waals surface area contributed by atoms with Crippen molar-refractivity contribution in [2.24, 2.45) is 29.6 Å². The van der Waals surface area contributed by atoms with E-state index in [-0.39, 0.29) is 0 Å². The average molecular weight is 247 g/mol. The minimum absolute atomic E-state index is 0.420. The Labute approximate surface area is 105 Å². The predicted molar refractivity (Wildman–Crippen MR) is 66.9 cm³/mol. The minimum Gasteiger partial charge on any atom is -0.299 e. The summed E-state index contributed by atoms with van der Waals surface area (Å²) in [6, 6.07) is 0. The zero-order chi connectivity index (χ0) is 11.6. The Morgan fingerprint density at radius 3 is 2.71 bits per heavy atom. The number of carbonyl (C=O) groups is 1. The number of hydrogen-bond donors (Lipinski definition) is 0. The monoisotopic (exact) mass is 247 g/mol. The van der Waals surface area contributed by atoms with Crippen molar-refractivity contribution < 1.29 is 4.79 Å². The third-order valence-corrected chi connectivity index (χ3v) is 5.95. The summed E-state index contributed by atoms with van der Waals surface area (Å²) < 4.78 is 0. The summed E-state index contributed by atoms with van der Waals surface area (Å²) in [5.41, 5.74) is 0.995. The Kier molecular flexibility index (Phi) is 2.05. The predicted octanol–water partition coefficient (Wildman–Crippen LogP) is 2.86. The Hall–Kier alpha value is -0.700. The highest BCUT2D eigenvalue weighted by Gasteiger charge is 2.66. The molecule has 3 aliphatic rings. The molecule has 3 aliphatic carbocycles. The van der Waals surface area contributed by atoms with Gasteiger partial charge < -0.3 is 0 Å². The smallest absolute Gasteiger partial charge is 0.142 e. The first-order valence-electron chi connectivity index (χ1n) is 6.68. The van der Waals surface area contributed by atoms with E-state index in [9.17, 15) is 4.79 Å². The molecule has 0 amide bonds. The zero-order valence-corrected chi connectivity index (χ0v) is 10.9. The minimum atomic E-state index is 0.420. The van der Waals surface area contributed by atoms with Crippen LogP contribution >= 0.6 is 11.3 Å². The number of rotatable bonds is 3. The van der Waals surface area contributed by atoms with E-state index in [0.717, 1.165) is 34.4 Å². The van der Waals surface area contributed by atoms with E-state index in [1.165, 1.54) is 19.3 Å². The van der Waals surface area contributed by atoms with Crippen LogP contribution in [0.5, 0.6) is 0 Å². The molecule has 0 saturated heterocycles. The van der Waals surface area contributed by atoms with E-state index in [2.05, 4.69) is 4.98 Å². The van der Waals surface area contributed by atoms with Crippen LogP contribution in [0, 0.1) is 36.5 Å². The van der Waals surface area contributed by atoms with Gasteiger partial charge in [0.15, 0.2) is 0 Å². The second-order valence-corrected chi connectivity index (χ2v) is 7.08. The van der Waals surface area contributed by atoms with Crippen molar-refractivity contribution in [1.82, 2.24) is 4.98 Å². The highest BCUT2D eigenvalue weighted by molar-refractivity contribution is 7.09. The molecule has 4 unspecified atom stereocenters. The number of thiazole rings is 1. The van der Waals surface area contributed by atoms with Crippen LogP contribution in [0.1, 0.15) is 30.0 Å². The number of aryl methyl sites for hydroxylation is 1. The van der Waals surface area contributed by atoms with Crippen LogP contribution in [-0.2, 0) is 11.2 Å². The molecule has 90 valence electrons. The lowest BCUT2D eigenvalue weighted by molar-refractivity contribution is -0.120. The molecule has 1 aromatic rings. The highest BCUT2D eigenvalue weighted by Crippen LogP contribution is 2.69. The maximum Gasteiger partial charge on any atom is 0.142 e. The summed E-state index contributed by atoms with van der Waals surface area (Å²) in [5.74, 6) is 4.25. The molecule has 17 heavy (non-hydrogen) atoms. The molecule has 0 radical (unpaired) electrons.